The van der Waals surface area contributed by atoms with Crippen LogP contribution >= 0.6 is 0 Å². The molecule has 0 heteroatoms. The Hall–Kier alpha value is -2.08. The van der Waals surface area contributed by atoms with E-state index in [9.17, 15) is 0 Å². The molecule has 0 heterocycles. The molecule has 29 heavy (non-hydrogen) atoms. The zero-order valence-corrected chi connectivity index (χ0v) is 21.3. The van der Waals surface area contributed by atoms with Crippen molar-refractivity contribution in [2.45, 2.75) is 89.0 Å². The number of hydrogen-bond donors (Lipinski definition) is 0. The standard InChI is InChI=1S/C14H14.C9H16.3C2H6/c1-11-3-7-13(8-4-11)14-9-5-12(2)6-10-14;1-5-9(4)7-6-8(2)3;3*1-2/h3-10H,1-2H3;5H,2,6-7H2,1,3-4H3;3*1-2H3/b;9-5-;;;. The maximum absolute atomic E-state index is 3.83. The van der Waals surface area contributed by atoms with Crippen LogP contribution in [0.1, 0.15) is 86.3 Å². The summed E-state index contributed by atoms with van der Waals surface area (Å²) in [7, 11) is 0. The zero-order valence-electron chi connectivity index (χ0n) is 21.3. The minimum Gasteiger partial charge on any atom is -0.100 e. The Bertz CT molecular complexity index is 581. The third-order valence-electron chi connectivity index (χ3n) is 3.88. The number of benzene rings is 2. The molecule has 164 valence electrons. The first-order valence-corrected chi connectivity index (χ1v) is 11.3. The zero-order chi connectivity index (χ0) is 23.2. The second-order valence-electron chi connectivity index (χ2n) is 6.32. The summed E-state index contributed by atoms with van der Waals surface area (Å²) >= 11 is 0. The van der Waals surface area contributed by atoms with Crippen molar-refractivity contribution in [1.29, 1.82) is 0 Å². The van der Waals surface area contributed by atoms with E-state index in [2.05, 4.69) is 95.8 Å². The minimum absolute atomic E-state index is 1.14. The normalized spacial score (nSPS) is 9.14. The molecule has 0 unspecified atom stereocenters. The van der Waals surface area contributed by atoms with Gasteiger partial charge < -0.3 is 0 Å². The molecule has 0 aliphatic rings. The van der Waals surface area contributed by atoms with Crippen molar-refractivity contribution in [3.05, 3.63) is 83.5 Å². The van der Waals surface area contributed by atoms with Crippen LogP contribution in [0.25, 0.3) is 11.1 Å². The van der Waals surface area contributed by atoms with Gasteiger partial charge in [0.1, 0.15) is 0 Å². The van der Waals surface area contributed by atoms with E-state index >= 15 is 0 Å². The first kappa shape index (κ1) is 31.6. The molecule has 0 fully saturated rings. The van der Waals surface area contributed by atoms with E-state index in [1.165, 1.54) is 39.8 Å². The van der Waals surface area contributed by atoms with Crippen molar-refractivity contribution in [3.8, 4) is 11.1 Å². The van der Waals surface area contributed by atoms with Crippen molar-refractivity contribution >= 4 is 0 Å². The van der Waals surface area contributed by atoms with Gasteiger partial charge in [-0.1, -0.05) is 118 Å². The van der Waals surface area contributed by atoms with Crippen LogP contribution < -0.4 is 0 Å². The summed E-state index contributed by atoms with van der Waals surface area (Å²) in [6.45, 7) is 26.4. The molecule has 2 rings (SSSR count). The van der Waals surface area contributed by atoms with E-state index in [0.29, 0.717) is 0 Å². The fourth-order valence-electron chi connectivity index (χ4n) is 2.05. The molecule has 0 saturated carbocycles. The number of aryl methyl sites for hydroxylation is 2. The van der Waals surface area contributed by atoms with Gasteiger partial charge in [0.05, 0.1) is 0 Å². The van der Waals surface area contributed by atoms with Gasteiger partial charge in [0.15, 0.2) is 0 Å². The predicted molar refractivity (Wildman–Crippen MR) is 139 cm³/mol. The molecule has 2 aromatic rings. The molecule has 0 aromatic heterocycles. The lowest BCUT2D eigenvalue weighted by Crippen LogP contribution is -1.78. The van der Waals surface area contributed by atoms with E-state index in [0.717, 1.165) is 6.42 Å². The third kappa shape index (κ3) is 17.7. The Morgan fingerprint density at radius 3 is 1.21 bits per heavy atom. The van der Waals surface area contributed by atoms with Crippen molar-refractivity contribution in [1.82, 2.24) is 0 Å². The fourth-order valence-corrected chi connectivity index (χ4v) is 2.05. The van der Waals surface area contributed by atoms with Gasteiger partial charge in [-0.25, -0.2) is 0 Å². The molecule has 0 nitrogen and oxygen atoms in total. The third-order valence-corrected chi connectivity index (χ3v) is 3.88. The van der Waals surface area contributed by atoms with Gasteiger partial charge in [0.25, 0.3) is 0 Å². The Morgan fingerprint density at radius 1 is 0.655 bits per heavy atom. The van der Waals surface area contributed by atoms with Crippen LogP contribution in [0.3, 0.4) is 0 Å². The van der Waals surface area contributed by atoms with Gasteiger partial charge in [-0.3, -0.25) is 0 Å². The quantitative estimate of drug-likeness (QED) is 0.451. The average Bonchev–Trinajstić information content (AvgIpc) is 2.78. The lowest BCUT2D eigenvalue weighted by molar-refractivity contribution is 0.926. The molecule has 2 aromatic carbocycles. The number of allylic oxidation sites excluding steroid dienone is 3. The summed E-state index contributed by atoms with van der Waals surface area (Å²) in [6, 6.07) is 17.3. The molecular weight excluding hydrogens is 348 g/mol. The molecule has 0 atom stereocenters. The highest BCUT2D eigenvalue weighted by atomic mass is 14.0. The summed E-state index contributed by atoms with van der Waals surface area (Å²) in [5.41, 5.74) is 7.92. The molecule has 0 bridgehead atoms. The number of hydrogen-bond acceptors (Lipinski definition) is 0. The van der Waals surface area contributed by atoms with E-state index in [4.69, 9.17) is 0 Å². The van der Waals surface area contributed by atoms with Crippen LogP contribution in [0.2, 0.25) is 0 Å². The van der Waals surface area contributed by atoms with E-state index < -0.39 is 0 Å². The highest BCUT2D eigenvalue weighted by Crippen LogP contribution is 2.19. The van der Waals surface area contributed by atoms with Crippen LogP contribution in [-0.4, -0.2) is 0 Å². The van der Waals surface area contributed by atoms with Crippen molar-refractivity contribution < 1.29 is 0 Å². The highest BCUT2D eigenvalue weighted by Gasteiger charge is 1.95. The van der Waals surface area contributed by atoms with E-state index in [1.807, 2.05) is 41.5 Å². The van der Waals surface area contributed by atoms with E-state index in [-0.39, 0.29) is 0 Å². The predicted octanol–water partition coefficient (Wildman–Crippen LogP) is 10.4. The van der Waals surface area contributed by atoms with Gasteiger partial charge in [-0.05, 0) is 58.6 Å². The van der Waals surface area contributed by atoms with Gasteiger partial charge >= 0.3 is 0 Å². The largest absolute Gasteiger partial charge is 0.100 e. The van der Waals surface area contributed by atoms with Crippen molar-refractivity contribution in [2.24, 2.45) is 0 Å². The average molecular weight is 397 g/mol. The molecule has 0 N–H and O–H groups in total. The summed E-state index contributed by atoms with van der Waals surface area (Å²) in [5, 5.41) is 0. The van der Waals surface area contributed by atoms with Crippen LogP contribution in [0.4, 0.5) is 0 Å². The van der Waals surface area contributed by atoms with Crippen molar-refractivity contribution in [3.63, 3.8) is 0 Å². The smallest absolute Gasteiger partial charge is 0.0184 e. The Labute approximate surface area is 183 Å². The lowest BCUT2D eigenvalue weighted by Gasteiger charge is -2.02. The lowest BCUT2D eigenvalue weighted by atomic mass is 10.0. The first-order valence-electron chi connectivity index (χ1n) is 11.3. The Morgan fingerprint density at radius 2 is 0.966 bits per heavy atom. The first-order chi connectivity index (χ1) is 13.9. The molecule has 0 aliphatic heterocycles. The van der Waals surface area contributed by atoms with Gasteiger partial charge in [0.2, 0.25) is 0 Å². The monoisotopic (exact) mass is 396 g/mol. The maximum atomic E-state index is 3.83. The minimum atomic E-state index is 1.14. The topological polar surface area (TPSA) is 0 Å². The summed E-state index contributed by atoms with van der Waals surface area (Å²) in [5.74, 6) is 0. The van der Waals surface area contributed by atoms with Crippen LogP contribution in [0, 0.1) is 13.8 Å². The molecule has 0 aliphatic carbocycles. The molecule has 0 saturated heterocycles. The number of rotatable bonds is 4. The Kier molecular flexibility index (Phi) is 24.2. The van der Waals surface area contributed by atoms with Gasteiger partial charge in [-0.15, -0.1) is 6.58 Å². The van der Waals surface area contributed by atoms with Crippen LogP contribution in [0.5, 0.6) is 0 Å². The maximum Gasteiger partial charge on any atom is -0.0184 e. The molecule has 0 radical (unpaired) electrons. The van der Waals surface area contributed by atoms with Gasteiger partial charge in [-0.2, -0.15) is 0 Å². The fraction of sp³-hybridized carbons (Fsp3) is 0.448. The second-order valence-corrected chi connectivity index (χ2v) is 6.32. The van der Waals surface area contributed by atoms with Crippen LogP contribution in [-0.2, 0) is 0 Å². The summed E-state index contributed by atoms with van der Waals surface area (Å²) in [6.07, 6.45) is 4.46. The molecule has 0 spiro atoms. The molecule has 0 amide bonds. The Balaban J connectivity index is -0.000000393. The highest BCUT2D eigenvalue weighted by molar-refractivity contribution is 5.63. The van der Waals surface area contributed by atoms with Crippen LogP contribution in [0.15, 0.2) is 72.3 Å². The second kappa shape index (κ2) is 22.2. The molecular formula is C29H48. The van der Waals surface area contributed by atoms with Gasteiger partial charge in [0, 0.05) is 0 Å². The summed E-state index contributed by atoms with van der Waals surface area (Å²) in [4.78, 5) is 0. The SMILES string of the molecule is C=C(C)CC/C(C)=C\C.CC.CC.CC.Cc1ccc(-c2ccc(C)cc2)cc1. The van der Waals surface area contributed by atoms with Crippen molar-refractivity contribution in [2.75, 3.05) is 0 Å². The van der Waals surface area contributed by atoms with E-state index in [1.54, 1.807) is 0 Å². The summed E-state index contributed by atoms with van der Waals surface area (Å²) < 4.78 is 0.